The summed E-state index contributed by atoms with van der Waals surface area (Å²) in [5.41, 5.74) is -4.93. The SMILES string of the molecule is O=S(=O)(OCC(F)(F)F)C(F)(F)F.O=c1[nH]c2ccccc2n1-c1ccnc(Cl)n1.O=c1n(CC(F)(F)F)c2ccccc2n1-c1ccnc(Cl)n1.[2H]CF.[H-].[Na+]. The first kappa shape index (κ1) is 45.3. The minimum absolute atomic E-state index is 0. The predicted octanol–water partition coefficient (Wildman–Crippen LogP) is 3.68. The van der Waals surface area contributed by atoms with Crippen LogP contribution in [0.5, 0.6) is 0 Å². The van der Waals surface area contributed by atoms with E-state index < -0.39 is 54.0 Å². The zero-order chi connectivity index (χ0) is 41.4. The van der Waals surface area contributed by atoms with Crippen molar-refractivity contribution in [2.75, 3.05) is 13.8 Å². The van der Waals surface area contributed by atoms with Gasteiger partial charge >= 0.3 is 68.9 Å². The molecule has 0 saturated heterocycles. The molecule has 0 spiro atoms. The quantitative estimate of drug-likeness (QED) is 0.0898. The van der Waals surface area contributed by atoms with E-state index in [2.05, 4.69) is 29.1 Å². The van der Waals surface area contributed by atoms with Crippen molar-refractivity contribution >= 4 is 55.4 Å². The van der Waals surface area contributed by atoms with Gasteiger partial charge in [0, 0.05) is 24.5 Å². The molecule has 0 fully saturated rings. The van der Waals surface area contributed by atoms with E-state index in [4.69, 9.17) is 24.6 Å². The van der Waals surface area contributed by atoms with Gasteiger partial charge in [-0.2, -0.15) is 57.9 Å². The summed E-state index contributed by atoms with van der Waals surface area (Å²) in [6.07, 6.45) is -6.80. The Balaban J connectivity index is 0.000000419. The van der Waals surface area contributed by atoms with E-state index in [1.165, 1.54) is 29.1 Å². The van der Waals surface area contributed by atoms with E-state index in [0.717, 1.165) is 15.6 Å². The molecule has 0 saturated carbocycles. The van der Waals surface area contributed by atoms with Crippen LogP contribution in [0.2, 0.25) is 10.6 Å². The second kappa shape index (κ2) is 19.2. The molecule has 0 unspecified atom stereocenters. The first-order chi connectivity index (χ1) is 25.5. The van der Waals surface area contributed by atoms with Gasteiger partial charge in [0.15, 0.2) is 6.61 Å². The summed E-state index contributed by atoms with van der Waals surface area (Å²) in [7, 11) is -7.15. The fraction of sp³-hybridized carbons (Fsp3) is 0.214. The molecule has 0 radical (unpaired) electrons. The van der Waals surface area contributed by atoms with Crippen molar-refractivity contribution in [2.24, 2.45) is 0 Å². The van der Waals surface area contributed by atoms with Crippen molar-refractivity contribution in [3.63, 3.8) is 0 Å². The molecule has 6 aromatic rings. The first-order valence-electron chi connectivity index (χ1n) is 14.5. The van der Waals surface area contributed by atoms with E-state index >= 15 is 0 Å². The van der Waals surface area contributed by atoms with Crippen molar-refractivity contribution < 1.29 is 88.9 Å². The van der Waals surface area contributed by atoms with Gasteiger partial charge in [-0.3, -0.25) is 13.1 Å². The molecule has 0 bridgehead atoms. The van der Waals surface area contributed by atoms with Gasteiger partial charge in [0.2, 0.25) is 10.6 Å². The van der Waals surface area contributed by atoms with Gasteiger partial charge in [-0.15, -0.1) is 0 Å². The topological polar surface area (TPSA) is 160 Å². The fourth-order valence-corrected chi connectivity index (χ4v) is 4.86. The molecule has 6 rings (SSSR count). The molecule has 4 heterocycles. The molecule has 0 aliphatic rings. The van der Waals surface area contributed by atoms with Crippen LogP contribution in [-0.2, 0) is 20.8 Å². The van der Waals surface area contributed by atoms with Crippen LogP contribution in [0.1, 0.15) is 2.80 Å². The average molecular weight is 866 g/mol. The van der Waals surface area contributed by atoms with Gasteiger partial charge in [0.25, 0.3) is 0 Å². The van der Waals surface area contributed by atoms with Gasteiger partial charge in [0.05, 0.1) is 30.6 Å². The third-order valence-electron chi connectivity index (χ3n) is 6.11. The minimum Gasteiger partial charge on any atom is -1.00 e. The Morgan fingerprint density at radius 3 is 1.73 bits per heavy atom. The predicted molar refractivity (Wildman–Crippen MR) is 174 cm³/mol. The van der Waals surface area contributed by atoms with Gasteiger partial charge in [-0.1, -0.05) is 24.3 Å². The number of nitrogens with one attached hydrogen (secondary N) is 1. The second-order valence-electron chi connectivity index (χ2n) is 9.74. The maximum absolute atomic E-state index is 12.7. The van der Waals surface area contributed by atoms with Crippen molar-refractivity contribution in [3.05, 3.63) is 105 Å². The number of H-pyrrole nitrogens is 1. The van der Waals surface area contributed by atoms with Crippen LogP contribution in [0.3, 0.4) is 0 Å². The Hall–Kier alpha value is -4.07. The molecule has 55 heavy (non-hydrogen) atoms. The number of para-hydroxylation sites is 4. The molecule has 294 valence electrons. The molecule has 0 aliphatic carbocycles. The van der Waals surface area contributed by atoms with Crippen LogP contribution >= 0.6 is 23.2 Å². The third kappa shape index (κ3) is 12.7. The number of alkyl halides is 10. The maximum atomic E-state index is 12.7. The van der Waals surface area contributed by atoms with Crippen molar-refractivity contribution in [2.45, 2.75) is 24.4 Å². The summed E-state index contributed by atoms with van der Waals surface area (Å²) >= 11 is 11.4. The van der Waals surface area contributed by atoms with Crippen molar-refractivity contribution in [1.29, 1.82) is 0 Å². The Labute approximate surface area is 335 Å². The van der Waals surface area contributed by atoms with Crippen LogP contribution in [0, 0.1) is 0 Å². The molecular weight excluding hydrogens is 844 g/mol. The number of hydrogen-bond donors (Lipinski definition) is 1. The second-order valence-corrected chi connectivity index (χ2v) is 12.0. The number of nitrogens with zero attached hydrogens (tertiary/aromatic N) is 7. The zero-order valence-corrected chi connectivity index (χ0v) is 31.5. The largest absolute Gasteiger partial charge is 1.00 e. The van der Waals surface area contributed by atoms with Crippen LogP contribution in [-0.4, -0.2) is 78.7 Å². The number of aromatic amines is 1. The summed E-state index contributed by atoms with van der Waals surface area (Å²) < 4.78 is 147. The average Bonchev–Trinajstić information content (AvgIpc) is 3.55. The molecular formula is C28H21Cl2F10N8NaO5S. The molecule has 2 aromatic carbocycles. The Bertz CT molecular complexity index is 2470. The zero-order valence-electron chi connectivity index (χ0n) is 29.2. The maximum Gasteiger partial charge on any atom is 1.00 e. The van der Waals surface area contributed by atoms with Gasteiger partial charge in [-0.05, 0) is 47.5 Å². The Morgan fingerprint density at radius 1 is 0.782 bits per heavy atom. The standard InChI is InChI=1S/C13H8ClF3N4O.C11H7ClN4O.C3H2F6O3S.CH3F.Na.H/c14-11-18-6-5-10(19-11)21-9-4-2-1-3-8(9)20(12(21)22)7-13(15,16)17;12-10-13-6-5-9(15-10)16-8-4-2-1-3-7(8)14-11(16)17;4-2(5,6)1-12-13(10,11)3(7,8)9;1-2;;/h1-6H,7H2;1-6H,(H,14,17);1H2;1H3;;/q;;;;+1;-1/i;;;1D;;. The molecule has 0 amide bonds. The molecule has 1 N–H and O–H groups in total. The smallest absolute Gasteiger partial charge is 1.00 e. The summed E-state index contributed by atoms with van der Waals surface area (Å²) in [5.74, 6) is 0.564. The fourth-order valence-electron chi connectivity index (χ4n) is 4.16. The number of benzene rings is 2. The number of halogens is 12. The minimum atomic E-state index is -6.15. The van der Waals surface area contributed by atoms with E-state index in [1.807, 2.05) is 24.3 Å². The third-order valence-corrected chi connectivity index (χ3v) is 7.46. The van der Waals surface area contributed by atoms with Crippen molar-refractivity contribution in [1.82, 2.24) is 38.6 Å². The van der Waals surface area contributed by atoms with Gasteiger partial charge < -0.3 is 6.41 Å². The van der Waals surface area contributed by atoms with Crippen LogP contribution in [0.25, 0.3) is 33.7 Å². The van der Waals surface area contributed by atoms with Gasteiger partial charge in [0.1, 0.15) is 18.2 Å². The molecule has 13 nitrogen and oxygen atoms in total. The summed E-state index contributed by atoms with van der Waals surface area (Å²) in [5, 5.41) is 0.0109. The van der Waals surface area contributed by atoms with Crippen LogP contribution in [0.15, 0.2) is 82.6 Å². The number of hydrogen-bond acceptors (Lipinski definition) is 9. The van der Waals surface area contributed by atoms with E-state index in [9.17, 15) is 61.9 Å². The Kier molecular flexibility index (Phi) is 15.8. The number of aromatic nitrogens is 8. The van der Waals surface area contributed by atoms with E-state index in [-0.39, 0.29) is 58.6 Å². The Morgan fingerprint density at radius 2 is 1.25 bits per heavy atom. The number of rotatable bonds is 5. The van der Waals surface area contributed by atoms with Gasteiger partial charge in [-0.25, -0.2) is 28.7 Å². The number of imidazole rings is 2. The summed E-state index contributed by atoms with van der Waals surface area (Å²) in [6, 6.07) is 16.6. The molecule has 27 heteroatoms. The molecule has 4 aromatic heterocycles. The molecule has 0 atom stereocenters. The monoisotopic (exact) mass is 865 g/mol. The van der Waals surface area contributed by atoms with E-state index in [0.29, 0.717) is 15.9 Å². The summed E-state index contributed by atoms with van der Waals surface area (Å²) in [4.78, 5) is 42.4. The molecule has 0 aliphatic heterocycles. The van der Waals surface area contributed by atoms with Crippen LogP contribution in [0.4, 0.5) is 43.9 Å². The number of fused-ring (bicyclic) bond motifs is 2. The normalized spacial score (nSPS) is 12.0. The van der Waals surface area contributed by atoms with E-state index in [1.54, 1.807) is 24.3 Å². The van der Waals surface area contributed by atoms with Crippen LogP contribution < -0.4 is 40.9 Å². The summed E-state index contributed by atoms with van der Waals surface area (Å²) in [6.45, 7) is -3.87. The first-order valence-corrected chi connectivity index (χ1v) is 16.0. The van der Waals surface area contributed by atoms with Crippen molar-refractivity contribution in [3.8, 4) is 11.6 Å².